The second-order valence-electron chi connectivity index (χ2n) is 8.69. The standard InChI is InChI=1S/C27H24ClF2N5O/c1-5-23(18-8-21(29)16(3)22(30)9-18)35-13-19(28)11-20-26(32-33-27(20)35)17-6-7-24(25(10-17)36-4)34-12-15(2)31-14-34/h6-14,23H,5H2,1-4H3/t23-/m1/s1. The van der Waals surface area contributed by atoms with Crippen molar-refractivity contribution < 1.29 is 13.5 Å². The van der Waals surface area contributed by atoms with E-state index in [9.17, 15) is 8.78 Å². The molecule has 2 aromatic carbocycles. The molecule has 9 heteroatoms. The number of nitrogens with zero attached hydrogens (tertiary/aromatic N) is 5. The van der Waals surface area contributed by atoms with Gasteiger partial charge in [-0.25, -0.2) is 13.8 Å². The van der Waals surface area contributed by atoms with Crippen LogP contribution in [0.4, 0.5) is 8.78 Å². The van der Waals surface area contributed by atoms with E-state index >= 15 is 0 Å². The summed E-state index contributed by atoms with van der Waals surface area (Å²) < 4.78 is 38.1. The van der Waals surface area contributed by atoms with Crippen LogP contribution in [0.2, 0.25) is 5.02 Å². The molecule has 3 aromatic rings. The Morgan fingerprint density at radius 3 is 2.42 bits per heavy atom. The van der Waals surface area contributed by atoms with Gasteiger partial charge in [-0.15, -0.1) is 10.2 Å². The van der Waals surface area contributed by atoms with Gasteiger partial charge < -0.3 is 13.9 Å². The van der Waals surface area contributed by atoms with Crippen molar-refractivity contribution in [1.29, 1.82) is 0 Å². The first-order valence-electron chi connectivity index (χ1n) is 11.5. The van der Waals surface area contributed by atoms with Gasteiger partial charge in [0, 0.05) is 29.1 Å². The van der Waals surface area contributed by atoms with Gasteiger partial charge in [0.2, 0.25) is 0 Å². The number of benzene rings is 2. The minimum Gasteiger partial charge on any atom is -0.495 e. The molecule has 2 aliphatic heterocycles. The monoisotopic (exact) mass is 507 g/mol. The largest absolute Gasteiger partial charge is 0.495 e. The van der Waals surface area contributed by atoms with Crippen molar-refractivity contribution in [2.45, 2.75) is 33.2 Å². The lowest BCUT2D eigenvalue weighted by Gasteiger charge is -2.23. The number of rotatable bonds is 6. The Kier molecular flexibility index (Phi) is 6.22. The van der Waals surface area contributed by atoms with E-state index in [2.05, 4.69) is 15.2 Å². The lowest BCUT2D eigenvalue weighted by Crippen LogP contribution is -2.14. The van der Waals surface area contributed by atoms with Crippen molar-refractivity contribution in [2.75, 3.05) is 7.11 Å². The van der Waals surface area contributed by atoms with Crippen LogP contribution >= 0.6 is 11.6 Å². The van der Waals surface area contributed by atoms with E-state index in [0.29, 0.717) is 34.3 Å². The smallest absolute Gasteiger partial charge is 0.165 e. The molecule has 0 unspecified atom stereocenters. The Bertz CT molecular complexity index is 1520. The van der Waals surface area contributed by atoms with Gasteiger partial charge in [-0.2, -0.15) is 0 Å². The number of fused-ring (bicyclic) bond motifs is 1. The van der Waals surface area contributed by atoms with Gasteiger partial charge in [0.25, 0.3) is 0 Å². The van der Waals surface area contributed by atoms with Crippen LogP contribution in [0.5, 0.6) is 5.75 Å². The first kappa shape index (κ1) is 23.9. The highest BCUT2D eigenvalue weighted by atomic mass is 35.5. The zero-order chi connectivity index (χ0) is 25.6. The molecule has 3 heterocycles. The van der Waals surface area contributed by atoms with E-state index < -0.39 is 11.6 Å². The molecule has 0 saturated heterocycles. The second-order valence-corrected chi connectivity index (χ2v) is 9.13. The third-order valence-electron chi connectivity index (χ3n) is 6.38. The zero-order valence-corrected chi connectivity index (χ0v) is 21.0. The molecular weight excluding hydrogens is 484 g/mol. The molecule has 6 nitrogen and oxygen atoms in total. The Hall–Kier alpha value is -3.78. The maximum atomic E-state index is 14.4. The summed E-state index contributed by atoms with van der Waals surface area (Å²) >= 11 is 6.52. The number of imidazole rings is 1. The molecule has 0 spiro atoms. The van der Waals surface area contributed by atoms with Gasteiger partial charge in [0.1, 0.15) is 23.1 Å². The molecule has 0 N–H and O–H groups in total. The van der Waals surface area contributed by atoms with Gasteiger partial charge in [0.15, 0.2) is 5.82 Å². The molecule has 1 atom stereocenters. The number of halogens is 3. The minimum absolute atomic E-state index is 0.00604. The van der Waals surface area contributed by atoms with Gasteiger partial charge in [0.05, 0.1) is 35.9 Å². The number of ether oxygens (including phenoxy) is 1. The predicted octanol–water partition coefficient (Wildman–Crippen LogP) is 6.79. The van der Waals surface area contributed by atoms with E-state index in [1.54, 1.807) is 25.7 Å². The first-order valence-corrected chi connectivity index (χ1v) is 11.9. The van der Waals surface area contributed by atoms with Gasteiger partial charge in [-0.1, -0.05) is 24.6 Å². The topological polar surface area (TPSA) is 57.8 Å². The average Bonchev–Trinajstić information content (AvgIpc) is 3.48. The molecular formula is C27H24ClF2N5O. The van der Waals surface area contributed by atoms with Crippen LogP contribution in [-0.2, 0) is 0 Å². The number of aromatic nitrogens is 5. The van der Waals surface area contributed by atoms with Crippen molar-refractivity contribution >= 4 is 11.6 Å². The van der Waals surface area contributed by atoms with Crippen LogP contribution in [0, 0.1) is 25.5 Å². The Morgan fingerprint density at radius 2 is 1.78 bits per heavy atom. The minimum atomic E-state index is -0.586. The SMILES string of the molecule is CC[C@H](c1cc(F)c(C)c(F)c1)n1cc(Cl)cc2c(-c3ccc(-n4cnc(C)c4)c(OC)c3)nnc1-2. The molecule has 0 bridgehead atoms. The fourth-order valence-corrected chi connectivity index (χ4v) is 4.71. The van der Waals surface area contributed by atoms with Gasteiger partial charge in [-0.3, -0.25) is 0 Å². The lowest BCUT2D eigenvalue weighted by atomic mass is 10.00. The molecule has 0 saturated carbocycles. The quantitative estimate of drug-likeness (QED) is 0.254. The maximum Gasteiger partial charge on any atom is 0.165 e. The second kappa shape index (κ2) is 9.35. The normalized spacial score (nSPS) is 12.3. The van der Waals surface area contributed by atoms with Crippen LogP contribution in [0.3, 0.4) is 0 Å². The third-order valence-corrected chi connectivity index (χ3v) is 6.59. The maximum absolute atomic E-state index is 14.4. The molecule has 5 rings (SSSR count). The highest BCUT2D eigenvalue weighted by Gasteiger charge is 2.25. The Morgan fingerprint density at radius 1 is 1.03 bits per heavy atom. The first-order chi connectivity index (χ1) is 17.3. The predicted molar refractivity (Wildman–Crippen MR) is 135 cm³/mol. The Labute approximate surface area is 212 Å². The van der Waals surface area contributed by atoms with Crippen molar-refractivity contribution in [3.63, 3.8) is 0 Å². The molecule has 1 aromatic heterocycles. The van der Waals surface area contributed by atoms with Crippen molar-refractivity contribution in [2.24, 2.45) is 0 Å². The van der Waals surface area contributed by atoms with Crippen LogP contribution in [0.1, 0.15) is 36.2 Å². The number of aryl methyl sites for hydroxylation is 1. The summed E-state index contributed by atoms with van der Waals surface area (Å²) in [6, 6.07) is 9.90. The van der Waals surface area contributed by atoms with Crippen LogP contribution < -0.4 is 4.74 Å². The lowest BCUT2D eigenvalue weighted by molar-refractivity contribution is 0.413. The van der Waals surface area contributed by atoms with E-state index in [0.717, 1.165) is 22.5 Å². The zero-order valence-electron chi connectivity index (χ0n) is 20.3. The summed E-state index contributed by atoms with van der Waals surface area (Å²) in [6.45, 7) is 5.28. The summed E-state index contributed by atoms with van der Waals surface area (Å²) in [5.41, 5.74) is 4.38. The van der Waals surface area contributed by atoms with Gasteiger partial charge >= 0.3 is 0 Å². The van der Waals surface area contributed by atoms with E-state index in [4.69, 9.17) is 16.3 Å². The Balaban J connectivity index is 1.59. The fraction of sp³-hybridized carbons (Fsp3) is 0.222. The van der Waals surface area contributed by atoms with Crippen LogP contribution in [0.25, 0.3) is 28.3 Å². The van der Waals surface area contributed by atoms with Crippen molar-refractivity contribution in [1.82, 2.24) is 24.3 Å². The molecule has 2 aliphatic rings. The molecule has 0 fully saturated rings. The number of hydrogen-bond acceptors (Lipinski definition) is 4. The van der Waals surface area contributed by atoms with Crippen LogP contribution in [0.15, 0.2) is 55.1 Å². The third kappa shape index (κ3) is 4.11. The van der Waals surface area contributed by atoms with E-state index in [1.165, 1.54) is 19.1 Å². The summed E-state index contributed by atoms with van der Waals surface area (Å²) in [7, 11) is 1.61. The van der Waals surface area contributed by atoms with Crippen molar-refractivity contribution in [3.8, 4) is 34.1 Å². The number of methoxy groups -OCH3 is 1. The van der Waals surface area contributed by atoms with E-state index in [1.807, 2.05) is 47.4 Å². The van der Waals surface area contributed by atoms with Crippen molar-refractivity contribution in [3.05, 3.63) is 88.6 Å². The summed E-state index contributed by atoms with van der Waals surface area (Å²) in [4.78, 5) is 4.29. The number of pyridine rings is 1. The summed E-state index contributed by atoms with van der Waals surface area (Å²) in [6.07, 6.45) is 5.93. The molecule has 0 radical (unpaired) electrons. The highest BCUT2D eigenvalue weighted by molar-refractivity contribution is 6.30. The number of hydrogen-bond donors (Lipinski definition) is 0. The fourth-order valence-electron chi connectivity index (χ4n) is 4.50. The molecule has 36 heavy (non-hydrogen) atoms. The van der Waals surface area contributed by atoms with Crippen LogP contribution in [-0.4, -0.2) is 31.4 Å². The molecule has 0 aliphatic carbocycles. The van der Waals surface area contributed by atoms with Gasteiger partial charge in [-0.05, 0) is 56.2 Å². The van der Waals surface area contributed by atoms with E-state index in [-0.39, 0.29) is 11.6 Å². The average molecular weight is 508 g/mol. The summed E-state index contributed by atoms with van der Waals surface area (Å²) in [5.74, 6) is 0.0395. The molecule has 184 valence electrons. The summed E-state index contributed by atoms with van der Waals surface area (Å²) in [5, 5.41) is 9.36. The molecule has 0 amide bonds. The highest BCUT2D eigenvalue weighted by Crippen LogP contribution is 2.39.